The molecule has 1 fully saturated rings. The number of carbonyl (C=O) groups is 1. The Kier molecular flexibility index (Phi) is 4.06. The maximum atomic E-state index is 12.0. The maximum absolute atomic E-state index is 12.0. The van der Waals surface area contributed by atoms with Gasteiger partial charge in [0.25, 0.3) is 0 Å². The molecule has 0 N–H and O–H groups in total. The van der Waals surface area contributed by atoms with Crippen LogP contribution in [0.3, 0.4) is 0 Å². The van der Waals surface area contributed by atoms with E-state index in [0.717, 1.165) is 35.5 Å². The van der Waals surface area contributed by atoms with Crippen molar-refractivity contribution in [3.05, 3.63) is 17.8 Å². The van der Waals surface area contributed by atoms with Crippen molar-refractivity contribution in [1.29, 1.82) is 0 Å². The van der Waals surface area contributed by atoms with Crippen molar-refractivity contribution in [2.45, 2.75) is 44.1 Å². The van der Waals surface area contributed by atoms with E-state index in [1.54, 1.807) is 13.4 Å². The normalized spacial score (nSPS) is 24.8. The van der Waals surface area contributed by atoms with Gasteiger partial charge in [-0.1, -0.05) is 0 Å². The monoisotopic (exact) mass is 318 g/mol. The van der Waals surface area contributed by atoms with E-state index in [1.165, 1.54) is 7.11 Å². The number of fused-ring (bicyclic) bond motifs is 1. The highest BCUT2D eigenvalue weighted by Crippen LogP contribution is 2.39. The molecule has 0 atom stereocenters. The molecule has 0 radical (unpaired) electrons. The molecule has 0 spiro atoms. The van der Waals surface area contributed by atoms with Crippen molar-refractivity contribution in [3.63, 3.8) is 0 Å². The SMILES string of the molecule is COC(=O)C1(OC)CCC(c2nc(C)c3ncn(C)c3n2)CC1. The second-order valence-electron chi connectivity index (χ2n) is 6.16. The topological polar surface area (TPSA) is 79.1 Å². The number of hydrogen-bond donors (Lipinski definition) is 0. The molecule has 0 bridgehead atoms. The van der Waals surface area contributed by atoms with Crippen LogP contribution in [0.1, 0.15) is 43.1 Å². The smallest absolute Gasteiger partial charge is 0.338 e. The zero-order chi connectivity index (χ0) is 16.6. The molecule has 1 aliphatic rings. The van der Waals surface area contributed by atoms with Crippen LogP contribution in [0.5, 0.6) is 0 Å². The van der Waals surface area contributed by atoms with Crippen LogP contribution in [-0.4, -0.2) is 45.3 Å². The number of hydrogen-bond acceptors (Lipinski definition) is 6. The summed E-state index contributed by atoms with van der Waals surface area (Å²) < 4.78 is 12.3. The first-order valence-corrected chi connectivity index (χ1v) is 7.80. The van der Waals surface area contributed by atoms with Gasteiger partial charge in [0.05, 0.1) is 19.1 Å². The lowest BCUT2D eigenvalue weighted by molar-refractivity contribution is -0.170. The van der Waals surface area contributed by atoms with E-state index >= 15 is 0 Å². The van der Waals surface area contributed by atoms with Gasteiger partial charge in [0, 0.05) is 20.1 Å². The molecule has 0 amide bonds. The summed E-state index contributed by atoms with van der Waals surface area (Å²) in [7, 11) is 4.90. The highest BCUT2D eigenvalue weighted by atomic mass is 16.6. The number of nitrogens with zero attached hydrogens (tertiary/aromatic N) is 4. The van der Waals surface area contributed by atoms with Gasteiger partial charge < -0.3 is 14.0 Å². The summed E-state index contributed by atoms with van der Waals surface area (Å²) in [5, 5.41) is 0. The van der Waals surface area contributed by atoms with Gasteiger partial charge in [-0.15, -0.1) is 0 Å². The van der Waals surface area contributed by atoms with Gasteiger partial charge in [0.15, 0.2) is 11.2 Å². The highest BCUT2D eigenvalue weighted by Gasteiger charge is 2.44. The molecule has 7 nitrogen and oxygen atoms in total. The third kappa shape index (κ3) is 2.59. The van der Waals surface area contributed by atoms with Crippen molar-refractivity contribution >= 4 is 17.1 Å². The quantitative estimate of drug-likeness (QED) is 0.804. The number of carbonyl (C=O) groups excluding carboxylic acids is 1. The number of esters is 1. The second kappa shape index (κ2) is 5.88. The summed E-state index contributed by atoms with van der Waals surface area (Å²) in [5.41, 5.74) is 1.76. The van der Waals surface area contributed by atoms with Gasteiger partial charge in [-0.05, 0) is 32.6 Å². The fourth-order valence-corrected chi connectivity index (χ4v) is 3.37. The molecule has 7 heteroatoms. The molecule has 0 unspecified atom stereocenters. The van der Waals surface area contributed by atoms with Gasteiger partial charge in [-0.2, -0.15) is 0 Å². The average molecular weight is 318 g/mol. The molecular weight excluding hydrogens is 296 g/mol. The minimum absolute atomic E-state index is 0.223. The Morgan fingerprint density at radius 2 is 2.00 bits per heavy atom. The number of methoxy groups -OCH3 is 2. The van der Waals surface area contributed by atoms with Gasteiger partial charge in [0.1, 0.15) is 11.3 Å². The van der Waals surface area contributed by atoms with Crippen LogP contribution in [0.4, 0.5) is 0 Å². The molecule has 1 aliphatic carbocycles. The molecule has 0 saturated heterocycles. The third-order valence-corrected chi connectivity index (χ3v) is 4.86. The first-order chi connectivity index (χ1) is 11.0. The van der Waals surface area contributed by atoms with Crippen molar-refractivity contribution in [2.75, 3.05) is 14.2 Å². The van der Waals surface area contributed by atoms with E-state index < -0.39 is 5.60 Å². The van der Waals surface area contributed by atoms with Crippen molar-refractivity contribution < 1.29 is 14.3 Å². The minimum atomic E-state index is -0.822. The number of ether oxygens (including phenoxy) is 2. The lowest BCUT2D eigenvalue weighted by Crippen LogP contribution is -2.44. The van der Waals surface area contributed by atoms with E-state index in [-0.39, 0.29) is 11.9 Å². The average Bonchev–Trinajstić information content (AvgIpc) is 2.96. The lowest BCUT2D eigenvalue weighted by atomic mass is 9.78. The predicted molar refractivity (Wildman–Crippen MR) is 84.0 cm³/mol. The molecule has 3 rings (SSSR count). The van der Waals surface area contributed by atoms with Crippen LogP contribution in [0, 0.1) is 6.92 Å². The summed E-state index contributed by atoms with van der Waals surface area (Å²) >= 11 is 0. The van der Waals surface area contributed by atoms with Crippen LogP contribution >= 0.6 is 0 Å². The number of rotatable bonds is 3. The number of aromatic nitrogens is 4. The van der Waals surface area contributed by atoms with Crippen LogP contribution in [0.15, 0.2) is 6.33 Å². The van der Waals surface area contributed by atoms with Crippen molar-refractivity contribution in [3.8, 4) is 0 Å². The molecule has 2 aromatic heterocycles. The Morgan fingerprint density at radius 3 is 2.61 bits per heavy atom. The van der Waals surface area contributed by atoms with Crippen LogP contribution in [-0.2, 0) is 21.3 Å². The fraction of sp³-hybridized carbons (Fsp3) is 0.625. The van der Waals surface area contributed by atoms with E-state index in [9.17, 15) is 4.79 Å². The van der Waals surface area contributed by atoms with E-state index in [1.807, 2.05) is 18.5 Å². The van der Waals surface area contributed by atoms with Crippen LogP contribution in [0.25, 0.3) is 11.2 Å². The zero-order valence-electron chi connectivity index (χ0n) is 14.0. The Balaban J connectivity index is 1.85. The van der Waals surface area contributed by atoms with Crippen molar-refractivity contribution in [1.82, 2.24) is 19.5 Å². The summed E-state index contributed by atoms with van der Waals surface area (Å²) in [6.45, 7) is 1.96. The third-order valence-electron chi connectivity index (χ3n) is 4.86. The summed E-state index contributed by atoms with van der Waals surface area (Å²) in [4.78, 5) is 25.7. The number of aryl methyl sites for hydroxylation is 2. The summed E-state index contributed by atoms with van der Waals surface area (Å²) in [6.07, 6.45) is 4.58. The molecule has 1 saturated carbocycles. The molecular formula is C16H22N4O3. The molecule has 124 valence electrons. The summed E-state index contributed by atoms with van der Waals surface area (Å²) in [6, 6.07) is 0. The predicted octanol–water partition coefficient (Wildman–Crippen LogP) is 1.89. The number of imidazole rings is 1. The standard InChI is InChI=1S/C16H22N4O3/c1-10-12-14(20(2)9-17-12)19-13(18-10)11-5-7-16(23-4,8-6-11)15(21)22-3/h9,11H,5-8H2,1-4H3. The van der Waals surface area contributed by atoms with E-state index in [2.05, 4.69) is 9.97 Å². The van der Waals surface area contributed by atoms with Crippen molar-refractivity contribution in [2.24, 2.45) is 7.05 Å². The minimum Gasteiger partial charge on any atom is -0.467 e. The highest BCUT2D eigenvalue weighted by molar-refractivity contribution is 5.79. The molecule has 0 aliphatic heterocycles. The molecule has 0 aromatic carbocycles. The maximum Gasteiger partial charge on any atom is 0.338 e. The Labute approximate surface area is 135 Å². The lowest BCUT2D eigenvalue weighted by Gasteiger charge is -2.36. The Morgan fingerprint density at radius 1 is 1.30 bits per heavy atom. The van der Waals surface area contributed by atoms with E-state index in [0.29, 0.717) is 12.8 Å². The first-order valence-electron chi connectivity index (χ1n) is 7.80. The van der Waals surface area contributed by atoms with Crippen LogP contribution < -0.4 is 0 Å². The second-order valence-corrected chi connectivity index (χ2v) is 6.16. The Bertz CT molecular complexity index is 732. The largest absolute Gasteiger partial charge is 0.467 e. The zero-order valence-corrected chi connectivity index (χ0v) is 14.0. The van der Waals surface area contributed by atoms with Gasteiger partial charge >= 0.3 is 5.97 Å². The Hall–Kier alpha value is -2.02. The van der Waals surface area contributed by atoms with Crippen LogP contribution in [0.2, 0.25) is 0 Å². The molecule has 2 heterocycles. The van der Waals surface area contributed by atoms with E-state index in [4.69, 9.17) is 14.5 Å². The van der Waals surface area contributed by atoms with Gasteiger partial charge in [-0.25, -0.2) is 19.7 Å². The first kappa shape index (κ1) is 15.9. The fourth-order valence-electron chi connectivity index (χ4n) is 3.37. The summed E-state index contributed by atoms with van der Waals surface area (Å²) in [5.74, 6) is 0.756. The van der Waals surface area contributed by atoms with Gasteiger partial charge in [0.2, 0.25) is 0 Å². The molecule has 2 aromatic rings. The molecule has 23 heavy (non-hydrogen) atoms. The van der Waals surface area contributed by atoms with Gasteiger partial charge in [-0.3, -0.25) is 0 Å².